The van der Waals surface area contributed by atoms with Gasteiger partial charge in [0, 0.05) is 28.1 Å². The average Bonchev–Trinajstić information content (AvgIpc) is 3.58. The number of hydrogen-bond acceptors (Lipinski definition) is 5. The van der Waals surface area contributed by atoms with Gasteiger partial charge >= 0.3 is 0 Å². The molecule has 2 aliphatic heterocycles. The number of ketones is 3. The van der Waals surface area contributed by atoms with Crippen LogP contribution < -0.4 is 0 Å². The van der Waals surface area contributed by atoms with Crippen LogP contribution in [-0.2, 0) is 0 Å². The number of carbonyl (C=O) groups is 3. The molecule has 6 heteroatoms. The first-order chi connectivity index (χ1) is 15.5. The molecule has 4 nitrogen and oxygen atoms in total. The highest BCUT2D eigenvalue weighted by Gasteiger charge is 2.72. The maximum absolute atomic E-state index is 14.1. The van der Waals surface area contributed by atoms with E-state index < -0.39 is 11.5 Å². The first kappa shape index (κ1) is 20.0. The van der Waals surface area contributed by atoms with Crippen LogP contribution in [0.3, 0.4) is 0 Å². The summed E-state index contributed by atoms with van der Waals surface area (Å²) in [6.45, 7) is 0.633. The van der Waals surface area contributed by atoms with E-state index in [1.165, 1.54) is 11.3 Å². The van der Waals surface area contributed by atoms with Crippen molar-refractivity contribution in [1.29, 1.82) is 0 Å². The first-order valence-corrected chi connectivity index (χ1v) is 12.1. The molecule has 2 fully saturated rings. The third-order valence-corrected chi connectivity index (χ3v) is 8.52. The summed E-state index contributed by atoms with van der Waals surface area (Å²) in [5, 5.41) is 2.48. The Bertz CT molecular complexity index is 1220. The highest BCUT2D eigenvalue weighted by molar-refractivity contribution is 7.12. The van der Waals surface area contributed by atoms with Crippen molar-refractivity contribution < 1.29 is 14.4 Å². The normalized spacial score (nSPS) is 26.0. The van der Waals surface area contributed by atoms with Gasteiger partial charge in [0.25, 0.3) is 0 Å². The molecule has 32 heavy (non-hydrogen) atoms. The van der Waals surface area contributed by atoms with Gasteiger partial charge in [-0.05, 0) is 48.5 Å². The summed E-state index contributed by atoms with van der Waals surface area (Å²) >= 11 is 7.52. The summed E-state index contributed by atoms with van der Waals surface area (Å²) in [6, 6.07) is 18.1. The van der Waals surface area contributed by atoms with Crippen LogP contribution in [0.15, 0.2) is 66.0 Å². The first-order valence-electron chi connectivity index (χ1n) is 10.8. The molecule has 1 spiro atoms. The van der Waals surface area contributed by atoms with Gasteiger partial charge in [0.1, 0.15) is 0 Å². The van der Waals surface area contributed by atoms with Gasteiger partial charge in [-0.2, -0.15) is 0 Å². The fourth-order valence-electron chi connectivity index (χ4n) is 6.23. The van der Waals surface area contributed by atoms with Crippen molar-refractivity contribution in [3.05, 3.63) is 92.6 Å². The molecule has 160 valence electrons. The molecule has 1 aromatic heterocycles. The molecule has 1 aliphatic carbocycles. The van der Waals surface area contributed by atoms with Gasteiger partial charge in [-0.15, -0.1) is 11.3 Å². The molecule has 0 saturated carbocycles. The predicted molar refractivity (Wildman–Crippen MR) is 124 cm³/mol. The minimum Gasteiger partial charge on any atom is -0.293 e. The molecule has 1 unspecified atom stereocenters. The van der Waals surface area contributed by atoms with Gasteiger partial charge in [-0.25, -0.2) is 0 Å². The van der Waals surface area contributed by atoms with Crippen molar-refractivity contribution in [2.45, 2.75) is 30.3 Å². The standard InChI is InChI=1S/C26H20ClNO3S/c27-16-11-9-15(10-12-16)21-19-7-3-13-28(19)26(22(21)23(29)20-8-4-14-32-20)24(30)17-5-1-2-6-18(17)25(26)31/h1-2,4-6,8-12,14,19,21-22H,3,7,13H2/t19?,21-,22-/m1/s1. The number of Topliss-reactive ketones (excluding diaryl/α,β-unsaturated/α-hetero) is 3. The topological polar surface area (TPSA) is 54.5 Å². The van der Waals surface area contributed by atoms with Crippen molar-refractivity contribution in [2.75, 3.05) is 6.54 Å². The van der Waals surface area contributed by atoms with E-state index in [0.29, 0.717) is 27.6 Å². The number of nitrogens with zero attached hydrogens (tertiary/aromatic N) is 1. The summed E-state index contributed by atoms with van der Waals surface area (Å²) in [5.74, 6) is -1.61. The zero-order valence-corrected chi connectivity index (χ0v) is 18.7. The summed E-state index contributed by atoms with van der Waals surface area (Å²) in [5.41, 5.74) is 0.346. The molecule has 0 bridgehead atoms. The van der Waals surface area contributed by atoms with Crippen LogP contribution >= 0.6 is 22.9 Å². The van der Waals surface area contributed by atoms with Crippen molar-refractivity contribution >= 4 is 40.3 Å². The molecule has 0 amide bonds. The van der Waals surface area contributed by atoms with Crippen LogP contribution in [0, 0.1) is 5.92 Å². The van der Waals surface area contributed by atoms with Gasteiger partial charge in [0.05, 0.1) is 10.8 Å². The molecule has 2 aromatic carbocycles. The van der Waals surface area contributed by atoms with E-state index in [2.05, 4.69) is 4.90 Å². The third kappa shape index (κ3) is 2.50. The lowest BCUT2D eigenvalue weighted by atomic mass is 9.70. The molecule has 3 heterocycles. The zero-order valence-electron chi connectivity index (χ0n) is 17.2. The van der Waals surface area contributed by atoms with Crippen molar-refractivity contribution in [3.8, 4) is 0 Å². The second-order valence-electron chi connectivity index (χ2n) is 8.77. The molecule has 3 aromatic rings. The van der Waals surface area contributed by atoms with E-state index >= 15 is 0 Å². The number of hydrogen-bond donors (Lipinski definition) is 0. The lowest BCUT2D eigenvalue weighted by molar-refractivity contribution is 0.0473. The van der Waals surface area contributed by atoms with E-state index in [1.54, 1.807) is 30.3 Å². The Kier molecular flexibility index (Phi) is 4.51. The minimum absolute atomic E-state index is 0.0488. The van der Waals surface area contributed by atoms with E-state index in [4.69, 9.17) is 11.6 Å². The van der Waals surface area contributed by atoms with Gasteiger partial charge in [-0.1, -0.05) is 54.1 Å². The van der Waals surface area contributed by atoms with Gasteiger partial charge in [0.2, 0.25) is 0 Å². The van der Waals surface area contributed by atoms with Gasteiger partial charge in [-0.3, -0.25) is 19.3 Å². The van der Waals surface area contributed by atoms with Gasteiger partial charge < -0.3 is 0 Å². The average molecular weight is 462 g/mol. The van der Waals surface area contributed by atoms with Crippen LogP contribution in [-0.4, -0.2) is 40.4 Å². The van der Waals surface area contributed by atoms with E-state index in [0.717, 1.165) is 18.4 Å². The van der Waals surface area contributed by atoms with Crippen molar-refractivity contribution in [3.63, 3.8) is 0 Å². The van der Waals surface area contributed by atoms with Crippen LogP contribution in [0.1, 0.15) is 54.7 Å². The summed E-state index contributed by atoms with van der Waals surface area (Å²) in [4.78, 5) is 44.8. The van der Waals surface area contributed by atoms with Gasteiger partial charge in [0.15, 0.2) is 22.9 Å². The Balaban J connectivity index is 1.61. The number of rotatable bonds is 3. The minimum atomic E-state index is -1.48. The molecule has 6 rings (SSSR count). The lowest BCUT2D eigenvalue weighted by Crippen LogP contribution is -2.58. The van der Waals surface area contributed by atoms with E-state index in [-0.39, 0.29) is 29.3 Å². The maximum Gasteiger partial charge on any atom is 0.192 e. The summed E-state index contributed by atoms with van der Waals surface area (Å²) < 4.78 is 0. The van der Waals surface area contributed by atoms with Crippen LogP contribution in [0.5, 0.6) is 0 Å². The highest BCUT2D eigenvalue weighted by Crippen LogP contribution is 2.57. The third-order valence-electron chi connectivity index (χ3n) is 7.39. The molecular weight excluding hydrogens is 442 g/mol. The van der Waals surface area contributed by atoms with Crippen LogP contribution in [0.2, 0.25) is 5.02 Å². The largest absolute Gasteiger partial charge is 0.293 e. The molecule has 0 radical (unpaired) electrons. The quantitative estimate of drug-likeness (QED) is 0.393. The predicted octanol–water partition coefficient (Wildman–Crippen LogP) is 5.28. The zero-order chi connectivity index (χ0) is 22.0. The molecule has 0 N–H and O–H groups in total. The Morgan fingerprint density at radius 2 is 1.66 bits per heavy atom. The number of halogens is 1. The lowest BCUT2D eigenvalue weighted by Gasteiger charge is -2.35. The van der Waals surface area contributed by atoms with E-state index in [9.17, 15) is 14.4 Å². The summed E-state index contributed by atoms with van der Waals surface area (Å²) in [7, 11) is 0. The Hall–Kier alpha value is -2.60. The van der Waals surface area contributed by atoms with E-state index in [1.807, 2.05) is 35.7 Å². The monoisotopic (exact) mass is 461 g/mol. The fourth-order valence-corrected chi connectivity index (χ4v) is 7.06. The second-order valence-corrected chi connectivity index (χ2v) is 10.2. The fraction of sp³-hybridized carbons (Fsp3) is 0.269. The molecule has 2 saturated heterocycles. The second kappa shape index (κ2) is 7.20. The Labute approximate surface area is 194 Å². The smallest absolute Gasteiger partial charge is 0.192 e. The Morgan fingerprint density at radius 1 is 0.969 bits per heavy atom. The van der Waals surface area contributed by atoms with Crippen molar-refractivity contribution in [1.82, 2.24) is 4.90 Å². The highest BCUT2D eigenvalue weighted by atomic mass is 35.5. The number of thiophene rings is 1. The van der Waals surface area contributed by atoms with Crippen LogP contribution in [0.25, 0.3) is 0 Å². The van der Waals surface area contributed by atoms with Crippen molar-refractivity contribution in [2.24, 2.45) is 5.92 Å². The SMILES string of the molecule is O=C(c1cccs1)[C@H]1[C@H](c2ccc(Cl)cc2)C2CCCN2C12C(=O)c1ccccc1C2=O. The Morgan fingerprint density at radius 3 is 2.28 bits per heavy atom. The number of fused-ring (bicyclic) bond motifs is 3. The number of benzene rings is 2. The van der Waals surface area contributed by atoms with Crippen LogP contribution in [0.4, 0.5) is 0 Å². The molecule has 3 aliphatic rings. The molecular formula is C26H20ClNO3S. The maximum atomic E-state index is 14.1. The molecule has 3 atom stereocenters. The number of carbonyl (C=O) groups excluding carboxylic acids is 3. The summed E-state index contributed by atoms with van der Waals surface area (Å²) in [6.07, 6.45) is 1.74.